The number of nitrogen functional groups attached to an aromatic ring is 1. The van der Waals surface area contributed by atoms with Crippen molar-refractivity contribution in [2.24, 2.45) is 0 Å². The Labute approximate surface area is 179 Å². The van der Waals surface area contributed by atoms with Gasteiger partial charge in [0.1, 0.15) is 10.4 Å². The minimum atomic E-state index is 0.335. The molecule has 2 unspecified atom stereocenters. The average molecular weight is 456 g/mol. The Morgan fingerprint density at radius 1 is 0.786 bits per heavy atom. The van der Waals surface area contributed by atoms with Crippen LogP contribution in [0.25, 0.3) is 0 Å². The predicted molar refractivity (Wildman–Crippen MR) is 122 cm³/mol. The molecule has 2 N–H and O–H groups in total. The molecule has 2 atom stereocenters. The van der Waals surface area contributed by atoms with Gasteiger partial charge < -0.3 is 15.5 Å². The van der Waals surface area contributed by atoms with Gasteiger partial charge in [0.15, 0.2) is 0 Å². The van der Waals surface area contributed by atoms with Crippen molar-refractivity contribution in [1.82, 2.24) is 29.4 Å². The molecule has 2 aromatic rings. The topological polar surface area (TPSA) is 68.1 Å². The first-order valence-electron chi connectivity index (χ1n) is 9.79. The number of halogens is 1. The van der Waals surface area contributed by atoms with Crippen LogP contribution < -0.4 is 5.73 Å². The molecule has 8 heteroatoms. The third-order valence-corrected chi connectivity index (χ3v) is 5.29. The van der Waals surface area contributed by atoms with Gasteiger partial charge in [-0.05, 0) is 91.7 Å². The molecule has 0 spiro atoms. The Bertz CT molecular complexity index is 669. The average Bonchev–Trinajstić information content (AvgIpc) is 3.16. The Kier molecular flexibility index (Phi) is 9.17. The lowest BCUT2D eigenvalue weighted by Crippen LogP contribution is -2.21. The van der Waals surface area contributed by atoms with E-state index in [0.29, 0.717) is 30.0 Å². The van der Waals surface area contributed by atoms with Crippen molar-refractivity contribution >= 4 is 21.7 Å². The van der Waals surface area contributed by atoms with Crippen molar-refractivity contribution in [3.05, 3.63) is 28.1 Å². The highest BCUT2D eigenvalue weighted by molar-refractivity contribution is 9.10. The SMILES string of the molecule is CC(c1cc(Br)nn1C(C)C)N(C)C.CC(c1cc(N)nn1C(C)C)N(C)C. The van der Waals surface area contributed by atoms with Gasteiger partial charge in [0.25, 0.3) is 0 Å². The van der Waals surface area contributed by atoms with Gasteiger partial charge in [0.2, 0.25) is 0 Å². The third kappa shape index (κ3) is 6.32. The molecule has 0 aliphatic heterocycles. The Balaban J connectivity index is 0.000000280. The summed E-state index contributed by atoms with van der Waals surface area (Å²) in [7, 11) is 8.27. The fourth-order valence-electron chi connectivity index (χ4n) is 2.79. The maximum absolute atomic E-state index is 5.70. The normalized spacial score (nSPS) is 14.0. The van der Waals surface area contributed by atoms with Crippen LogP contribution in [0, 0.1) is 0 Å². The molecule has 0 saturated heterocycles. The van der Waals surface area contributed by atoms with E-state index in [0.717, 1.165) is 4.60 Å². The molecule has 0 amide bonds. The molecule has 2 aromatic heterocycles. The van der Waals surface area contributed by atoms with Crippen molar-refractivity contribution in [1.29, 1.82) is 0 Å². The van der Waals surface area contributed by atoms with Crippen LogP contribution in [0.5, 0.6) is 0 Å². The second-order valence-electron chi connectivity index (χ2n) is 8.24. The lowest BCUT2D eigenvalue weighted by molar-refractivity contribution is 0.298. The highest BCUT2D eigenvalue weighted by atomic mass is 79.9. The largest absolute Gasteiger partial charge is 0.382 e. The number of nitrogens with zero attached hydrogens (tertiary/aromatic N) is 6. The number of anilines is 1. The quantitative estimate of drug-likeness (QED) is 0.693. The van der Waals surface area contributed by atoms with Crippen LogP contribution in [0.3, 0.4) is 0 Å². The summed E-state index contributed by atoms with van der Waals surface area (Å²) in [5.74, 6) is 0.599. The van der Waals surface area contributed by atoms with Crippen molar-refractivity contribution in [2.75, 3.05) is 33.9 Å². The molecule has 0 fully saturated rings. The van der Waals surface area contributed by atoms with Gasteiger partial charge in [0.05, 0.1) is 11.4 Å². The molecular weight excluding hydrogens is 418 g/mol. The highest BCUT2D eigenvalue weighted by Crippen LogP contribution is 2.24. The van der Waals surface area contributed by atoms with E-state index in [1.54, 1.807) is 0 Å². The zero-order valence-electron chi connectivity index (χ0n) is 19.1. The minimum Gasteiger partial charge on any atom is -0.382 e. The summed E-state index contributed by atoms with van der Waals surface area (Å²) >= 11 is 3.42. The van der Waals surface area contributed by atoms with Crippen LogP contribution >= 0.6 is 15.9 Å². The summed E-state index contributed by atoms with van der Waals surface area (Å²) in [6, 6.07) is 5.51. The minimum absolute atomic E-state index is 0.335. The summed E-state index contributed by atoms with van der Waals surface area (Å²) in [6.07, 6.45) is 0. The van der Waals surface area contributed by atoms with Crippen molar-refractivity contribution in [3.8, 4) is 0 Å². The van der Waals surface area contributed by atoms with E-state index in [4.69, 9.17) is 5.73 Å². The fourth-order valence-corrected chi connectivity index (χ4v) is 3.19. The third-order valence-electron chi connectivity index (χ3n) is 4.90. The zero-order chi connectivity index (χ0) is 21.8. The Hall–Kier alpha value is -1.38. The van der Waals surface area contributed by atoms with Gasteiger partial charge in [-0.25, -0.2) is 0 Å². The van der Waals surface area contributed by atoms with Crippen LogP contribution in [-0.4, -0.2) is 57.6 Å². The molecule has 0 aliphatic carbocycles. The van der Waals surface area contributed by atoms with Gasteiger partial charge in [-0.3, -0.25) is 9.36 Å². The van der Waals surface area contributed by atoms with Crippen LogP contribution in [-0.2, 0) is 0 Å². The summed E-state index contributed by atoms with van der Waals surface area (Å²) < 4.78 is 4.96. The number of hydrogen-bond acceptors (Lipinski definition) is 5. The lowest BCUT2D eigenvalue weighted by Gasteiger charge is -2.22. The fraction of sp³-hybridized carbons (Fsp3) is 0.700. The summed E-state index contributed by atoms with van der Waals surface area (Å²) in [6.45, 7) is 12.8. The molecule has 160 valence electrons. The summed E-state index contributed by atoms with van der Waals surface area (Å²) in [5.41, 5.74) is 8.12. The first-order valence-corrected chi connectivity index (χ1v) is 10.6. The Morgan fingerprint density at radius 2 is 1.18 bits per heavy atom. The second-order valence-corrected chi connectivity index (χ2v) is 9.05. The van der Waals surface area contributed by atoms with E-state index in [-0.39, 0.29) is 0 Å². The van der Waals surface area contributed by atoms with Gasteiger partial charge in [-0.2, -0.15) is 10.2 Å². The maximum Gasteiger partial charge on any atom is 0.145 e. The Morgan fingerprint density at radius 3 is 1.57 bits per heavy atom. The smallest absolute Gasteiger partial charge is 0.145 e. The number of nitrogens with two attached hydrogens (primary N) is 1. The maximum atomic E-state index is 5.70. The number of hydrogen-bond donors (Lipinski definition) is 1. The van der Waals surface area contributed by atoms with E-state index in [1.807, 2.05) is 10.7 Å². The first-order chi connectivity index (χ1) is 12.9. The lowest BCUT2D eigenvalue weighted by atomic mass is 10.2. The molecule has 2 rings (SSSR count). The number of rotatable bonds is 6. The predicted octanol–water partition coefficient (Wildman–Crippen LogP) is 4.52. The molecule has 0 saturated carbocycles. The van der Waals surface area contributed by atoms with Gasteiger partial charge in [-0.1, -0.05) is 0 Å². The number of aromatic nitrogens is 4. The zero-order valence-corrected chi connectivity index (χ0v) is 20.7. The van der Waals surface area contributed by atoms with Crippen molar-refractivity contribution in [3.63, 3.8) is 0 Å². The van der Waals surface area contributed by atoms with Crippen LogP contribution in [0.2, 0.25) is 0 Å². The molecule has 28 heavy (non-hydrogen) atoms. The molecule has 0 aromatic carbocycles. The monoisotopic (exact) mass is 455 g/mol. The first kappa shape index (κ1) is 24.7. The highest BCUT2D eigenvalue weighted by Gasteiger charge is 2.17. The van der Waals surface area contributed by atoms with Gasteiger partial charge >= 0.3 is 0 Å². The molecule has 0 aliphatic rings. The van der Waals surface area contributed by atoms with Crippen LogP contribution in [0.15, 0.2) is 16.7 Å². The van der Waals surface area contributed by atoms with Crippen molar-refractivity contribution < 1.29 is 0 Å². The summed E-state index contributed by atoms with van der Waals surface area (Å²) in [5, 5.41) is 8.70. The van der Waals surface area contributed by atoms with E-state index < -0.39 is 0 Å². The molecule has 2 heterocycles. The van der Waals surface area contributed by atoms with E-state index in [9.17, 15) is 0 Å². The van der Waals surface area contributed by atoms with Gasteiger partial charge in [0, 0.05) is 30.2 Å². The van der Waals surface area contributed by atoms with E-state index >= 15 is 0 Å². The summed E-state index contributed by atoms with van der Waals surface area (Å²) in [4.78, 5) is 4.33. The molecule has 7 nitrogen and oxygen atoms in total. The van der Waals surface area contributed by atoms with E-state index in [2.05, 4.69) is 116 Å². The standard InChI is InChI=1S/C10H18BrN3.C10H20N4/c2*1-7(2)14-9(6-10(11)12-14)8(3)13(4)5/h6-8H,1-5H3;6-8H,1-5H3,(H2,11,12). The molecule has 0 bridgehead atoms. The van der Waals surface area contributed by atoms with Crippen LogP contribution in [0.4, 0.5) is 5.82 Å². The van der Waals surface area contributed by atoms with E-state index in [1.165, 1.54) is 11.4 Å². The second kappa shape index (κ2) is 10.4. The molecule has 0 radical (unpaired) electrons. The molecular formula is C20H38BrN7. The van der Waals surface area contributed by atoms with Crippen molar-refractivity contribution in [2.45, 2.75) is 65.7 Å². The van der Waals surface area contributed by atoms with Gasteiger partial charge in [-0.15, -0.1) is 0 Å². The van der Waals surface area contributed by atoms with Crippen LogP contribution in [0.1, 0.15) is 77.1 Å².